The number of benzene rings is 2. The third-order valence-corrected chi connectivity index (χ3v) is 6.13. The lowest BCUT2D eigenvalue weighted by atomic mass is 10.1. The molecule has 1 saturated heterocycles. The topological polar surface area (TPSA) is 71.6 Å². The summed E-state index contributed by atoms with van der Waals surface area (Å²) in [6, 6.07) is 13.5. The second-order valence-electron chi connectivity index (χ2n) is 6.53. The summed E-state index contributed by atoms with van der Waals surface area (Å²) in [5, 5.41) is 2.27. The van der Waals surface area contributed by atoms with E-state index < -0.39 is 6.17 Å². The van der Waals surface area contributed by atoms with Gasteiger partial charge in [0.25, 0.3) is 0 Å². The van der Waals surface area contributed by atoms with Crippen LogP contribution in [-0.4, -0.2) is 46.9 Å². The number of carbonyl (C=O) groups excluding carboxylic acids is 1. The molecule has 6 nitrogen and oxygen atoms in total. The van der Waals surface area contributed by atoms with Crippen LogP contribution in [0.5, 0.6) is 0 Å². The van der Waals surface area contributed by atoms with Crippen LogP contribution in [0.15, 0.2) is 47.3 Å². The Morgan fingerprint density at radius 1 is 1.11 bits per heavy atom. The number of nitrogens with zero attached hydrogens (tertiary/aromatic N) is 3. The predicted molar refractivity (Wildman–Crippen MR) is 109 cm³/mol. The van der Waals surface area contributed by atoms with E-state index in [1.165, 1.54) is 0 Å². The maximum Gasteiger partial charge on any atom is 0.309 e. The molecular weight excluding hydrogens is 384 g/mol. The second kappa shape index (κ2) is 7.53. The molecular formula is C19H19ClN4O2S. The van der Waals surface area contributed by atoms with E-state index in [4.69, 9.17) is 17.4 Å². The number of hydrogen-bond acceptors (Lipinski definition) is 6. The van der Waals surface area contributed by atoms with Crippen LogP contribution in [0.3, 0.4) is 0 Å². The van der Waals surface area contributed by atoms with Gasteiger partial charge in [0.05, 0.1) is 15.2 Å². The first kappa shape index (κ1) is 18.3. The third-order valence-electron chi connectivity index (χ3n) is 4.90. The van der Waals surface area contributed by atoms with Crippen LogP contribution in [0.2, 0.25) is 5.02 Å². The number of rotatable bonds is 4. The van der Waals surface area contributed by atoms with Gasteiger partial charge in [-0.05, 0) is 17.7 Å². The van der Waals surface area contributed by atoms with Gasteiger partial charge in [0.1, 0.15) is 6.17 Å². The summed E-state index contributed by atoms with van der Waals surface area (Å²) in [4.78, 5) is 26.4. The number of aldehydes is 1. The molecule has 1 unspecified atom stereocenters. The summed E-state index contributed by atoms with van der Waals surface area (Å²) >= 11 is 7.67. The molecule has 1 aromatic heterocycles. The molecule has 3 aromatic rings. The van der Waals surface area contributed by atoms with E-state index in [-0.39, 0.29) is 4.87 Å². The van der Waals surface area contributed by atoms with Gasteiger partial charge in [-0.15, -0.1) is 0 Å². The number of aromatic nitrogens is 1. The van der Waals surface area contributed by atoms with E-state index in [0.29, 0.717) is 36.7 Å². The van der Waals surface area contributed by atoms with E-state index in [1.807, 2.05) is 41.3 Å². The van der Waals surface area contributed by atoms with Gasteiger partial charge >= 0.3 is 4.87 Å². The first-order valence-electron chi connectivity index (χ1n) is 8.67. The minimum atomic E-state index is -0.654. The summed E-state index contributed by atoms with van der Waals surface area (Å²) in [6.45, 7) is 2.55. The SMILES string of the molecule is NN1CCN(C(C=O)n2c(=O)sc3cc(-c4ccccc4)c(Cl)cc32)CC1. The van der Waals surface area contributed by atoms with Crippen molar-refractivity contribution in [3.63, 3.8) is 0 Å². The quantitative estimate of drug-likeness (QED) is 0.536. The molecule has 0 amide bonds. The van der Waals surface area contributed by atoms with Crippen molar-refractivity contribution in [1.29, 1.82) is 0 Å². The summed E-state index contributed by atoms with van der Waals surface area (Å²) in [5.41, 5.74) is 2.54. The van der Waals surface area contributed by atoms with E-state index >= 15 is 0 Å². The van der Waals surface area contributed by atoms with E-state index in [1.54, 1.807) is 15.6 Å². The normalized spacial score (nSPS) is 17.3. The van der Waals surface area contributed by atoms with Gasteiger partial charge in [-0.25, -0.2) is 5.01 Å². The fraction of sp³-hybridized carbons (Fsp3) is 0.263. The number of thiazole rings is 1. The summed E-state index contributed by atoms with van der Waals surface area (Å²) < 4.78 is 2.35. The fourth-order valence-electron chi connectivity index (χ4n) is 3.46. The van der Waals surface area contributed by atoms with Crippen LogP contribution in [0.25, 0.3) is 21.3 Å². The first-order chi connectivity index (χ1) is 13.1. The minimum absolute atomic E-state index is 0.168. The summed E-state index contributed by atoms with van der Waals surface area (Å²) in [6.07, 6.45) is 0.164. The number of carbonyl (C=O) groups is 1. The highest BCUT2D eigenvalue weighted by Crippen LogP contribution is 2.34. The molecule has 0 saturated carbocycles. The van der Waals surface area contributed by atoms with Crippen molar-refractivity contribution in [2.24, 2.45) is 5.84 Å². The van der Waals surface area contributed by atoms with Crippen LogP contribution >= 0.6 is 22.9 Å². The minimum Gasteiger partial charge on any atom is -0.299 e. The Kier molecular flexibility index (Phi) is 5.12. The Hall–Kier alpha value is -2.03. The van der Waals surface area contributed by atoms with Crippen molar-refractivity contribution in [3.05, 3.63) is 57.2 Å². The van der Waals surface area contributed by atoms with Crippen molar-refractivity contribution in [2.75, 3.05) is 26.2 Å². The number of halogens is 1. The van der Waals surface area contributed by atoms with Crippen molar-refractivity contribution < 1.29 is 4.79 Å². The Labute approximate surface area is 165 Å². The van der Waals surface area contributed by atoms with E-state index in [0.717, 1.165) is 33.4 Å². The van der Waals surface area contributed by atoms with Gasteiger partial charge in [0.15, 0.2) is 6.29 Å². The van der Waals surface area contributed by atoms with Crippen molar-refractivity contribution in [2.45, 2.75) is 6.17 Å². The van der Waals surface area contributed by atoms with Crippen molar-refractivity contribution in [3.8, 4) is 11.1 Å². The second-order valence-corrected chi connectivity index (χ2v) is 7.93. The Morgan fingerprint density at radius 3 is 2.48 bits per heavy atom. The highest BCUT2D eigenvalue weighted by Gasteiger charge is 2.27. The maximum atomic E-state index is 12.7. The largest absolute Gasteiger partial charge is 0.309 e. The third kappa shape index (κ3) is 3.44. The zero-order valence-electron chi connectivity index (χ0n) is 14.5. The van der Waals surface area contributed by atoms with Crippen LogP contribution < -0.4 is 10.7 Å². The molecule has 140 valence electrons. The van der Waals surface area contributed by atoms with Crippen LogP contribution in [0, 0.1) is 0 Å². The van der Waals surface area contributed by atoms with E-state index in [2.05, 4.69) is 0 Å². The Balaban J connectivity index is 1.80. The van der Waals surface area contributed by atoms with Gasteiger partial charge in [-0.3, -0.25) is 24.9 Å². The number of hydrogen-bond donors (Lipinski definition) is 1. The lowest BCUT2D eigenvalue weighted by molar-refractivity contribution is -0.116. The Morgan fingerprint density at radius 2 is 1.81 bits per heavy atom. The van der Waals surface area contributed by atoms with Gasteiger partial charge in [-0.1, -0.05) is 53.3 Å². The van der Waals surface area contributed by atoms with Crippen LogP contribution in [0.4, 0.5) is 0 Å². The molecule has 0 spiro atoms. The molecule has 1 aliphatic heterocycles. The molecule has 8 heteroatoms. The lowest BCUT2D eigenvalue weighted by Gasteiger charge is -2.35. The molecule has 4 rings (SSSR count). The van der Waals surface area contributed by atoms with Crippen LogP contribution in [0.1, 0.15) is 6.17 Å². The smallest absolute Gasteiger partial charge is 0.299 e. The Bertz CT molecular complexity index is 1030. The van der Waals surface area contributed by atoms with Crippen molar-refractivity contribution in [1.82, 2.24) is 14.5 Å². The average molecular weight is 403 g/mol. The lowest BCUT2D eigenvalue weighted by Crippen LogP contribution is -2.52. The molecule has 2 aromatic carbocycles. The molecule has 27 heavy (non-hydrogen) atoms. The van der Waals surface area contributed by atoms with Gasteiger partial charge in [-0.2, -0.15) is 0 Å². The van der Waals surface area contributed by atoms with Gasteiger partial charge < -0.3 is 0 Å². The number of fused-ring (bicyclic) bond motifs is 1. The van der Waals surface area contributed by atoms with Crippen molar-refractivity contribution >= 4 is 39.4 Å². The zero-order valence-corrected chi connectivity index (χ0v) is 16.1. The zero-order chi connectivity index (χ0) is 19.0. The number of piperazine rings is 1. The molecule has 0 radical (unpaired) electrons. The molecule has 1 fully saturated rings. The standard InChI is InChI=1S/C19H19ClN4O2S/c20-15-11-16-17(10-14(15)13-4-2-1-3-5-13)27-19(26)24(16)18(12-25)22-6-8-23(21)9-7-22/h1-5,10-12,18H,6-9,21H2. The molecule has 0 bridgehead atoms. The number of nitrogens with two attached hydrogens (primary N) is 1. The molecule has 0 aliphatic carbocycles. The molecule has 1 aliphatic rings. The monoisotopic (exact) mass is 402 g/mol. The highest BCUT2D eigenvalue weighted by atomic mass is 35.5. The van der Waals surface area contributed by atoms with Gasteiger partial charge in [0.2, 0.25) is 0 Å². The van der Waals surface area contributed by atoms with Gasteiger partial charge in [0, 0.05) is 31.7 Å². The van der Waals surface area contributed by atoms with Crippen LogP contribution in [-0.2, 0) is 4.79 Å². The summed E-state index contributed by atoms with van der Waals surface area (Å²) in [5.74, 6) is 5.80. The maximum absolute atomic E-state index is 12.7. The first-order valence-corrected chi connectivity index (χ1v) is 9.87. The fourth-order valence-corrected chi connectivity index (χ4v) is 4.65. The highest BCUT2D eigenvalue weighted by molar-refractivity contribution is 7.16. The van der Waals surface area contributed by atoms with E-state index in [9.17, 15) is 9.59 Å². The number of hydrazine groups is 1. The molecule has 2 heterocycles. The summed E-state index contributed by atoms with van der Waals surface area (Å²) in [7, 11) is 0. The molecule has 2 N–H and O–H groups in total. The predicted octanol–water partition coefficient (Wildman–Crippen LogP) is 2.57. The molecule has 1 atom stereocenters. The average Bonchev–Trinajstić information content (AvgIpc) is 2.99.